The fourth-order valence-corrected chi connectivity index (χ4v) is 2.33. The largest absolute Gasteiger partial charge is 0.496 e. The summed E-state index contributed by atoms with van der Waals surface area (Å²) in [7, 11) is 4.49. The summed E-state index contributed by atoms with van der Waals surface area (Å²) in [6.45, 7) is 1.60. The van der Waals surface area contributed by atoms with Gasteiger partial charge in [0.2, 0.25) is 0 Å². The highest BCUT2D eigenvalue weighted by atomic mass is 16.6. The molecule has 9 heteroatoms. The molecule has 0 bridgehead atoms. The van der Waals surface area contributed by atoms with Crippen molar-refractivity contribution < 1.29 is 23.9 Å². The number of amides is 1. The van der Waals surface area contributed by atoms with Gasteiger partial charge >= 0.3 is 0 Å². The van der Waals surface area contributed by atoms with E-state index in [1.807, 2.05) is 0 Å². The number of methoxy groups -OCH3 is 3. The molecule has 0 aliphatic heterocycles. The minimum absolute atomic E-state index is 0.128. The molecule has 1 amide bonds. The molecule has 0 saturated carbocycles. The standard InChI is InChI=1S/C18H19N3O6/c1-11-5-6-12(7-14(11)21(23)24)18(22)20-19-10-13-8-16(26-3)17(27-4)9-15(13)25-2/h5-10H,1-4H3,(H,20,22)/b19-10+. The maximum Gasteiger partial charge on any atom is 0.273 e. The van der Waals surface area contributed by atoms with Crippen LogP contribution in [0.15, 0.2) is 35.4 Å². The normalized spacial score (nSPS) is 10.5. The van der Waals surface area contributed by atoms with Crippen LogP contribution < -0.4 is 19.6 Å². The summed E-state index contributed by atoms with van der Waals surface area (Å²) in [5.41, 5.74) is 3.34. The summed E-state index contributed by atoms with van der Waals surface area (Å²) in [5.74, 6) is 0.855. The van der Waals surface area contributed by atoms with E-state index in [1.54, 1.807) is 19.1 Å². The van der Waals surface area contributed by atoms with Crippen molar-refractivity contribution in [2.24, 2.45) is 5.10 Å². The van der Waals surface area contributed by atoms with Crippen LogP contribution in [0.25, 0.3) is 0 Å². The Bertz CT molecular complexity index is 895. The third kappa shape index (κ3) is 4.51. The van der Waals surface area contributed by atoms with E-state index in [4.69, 9.17) is 14.2 Å². The fourth-order valence-electron chi connectivity index (χ4n) is 2.33. The fraction of sp³-hybridized carbons (Fsp3) is 0.222. The molecule has 2 rings (SSSR count). The first-order valence-electron chi connectivity index (χ1n) is 7.79. The Morgan fingerprint density at radius 3 is 2.30 bits per heavy atom. The number of nitrogens with one attached hydrogen (secondary N) is 1. The van der Waals surface area contributed by atoms with E-state index < -0.39 is 10.8 Å². The van der Waals surface area contributed by atoms with Crippen molar-refractivity contribution in [3.05, 3.63) is 57.1 Å². The van der Waals surface area contributed by atoms with Crippen molar-refractivity contribution in [3.63, 3.8) is 0 Å². The van der Waals surface area contributed by atoms with Gasteiger partial charge in [-0.2, -0.15) is 5.10 Å². The van der Waals surface area contributed by atoms with Gasteiger partial charge in [-0.05, 0) is 19.1 Å². The first-order chi connectivity index (χ1) is 12.9. The van der Waals surface area contributed by atoms with Gasteiger partial charge in [-0.15, -0.1) is 0 Å². The summed E-state index contributed by atoms with van der Waals surface area (Å²) in [6, 6.07) is 7.48. The number of ether oxygens (including phenoxy) is 3. The van der Waals surface area contributed by atoms with Gasteiger partial charge in [0, 0.05) is 28.8 Å². The van der Waals surface area contributed by atoms with E-state index in [0.29, 0.717) is 28.4 Å². The molecule has 0 aliphatic carbocycles. The van der Waals surface area contributed by atoms with Crippen molar-refractivity contribution in [1.82, 2.24) is 5.43 Å². The number of hydrogen-bond acceptors (Lipinski definition) is 7. The number of nitro benzene ring substituents is 1. The number of rotatable bonds is 7. The minimum Gasteiger partial charge on any atom is -0.496 e. The molecule has 9 nitrogen and oxygen atoms in total. The Morgan fingerprint density at radius 2 is 1.70 bits per heavy atom. The third-order valence-corrected chi connectivity index (χ3v) is 3.77. The summed E-state index contributed by atoms with van der Waals surface area (Å²) in [6.07, 6.45) is 1.38. The summed E-state index contributed by atoms with van der Waals surface area (Å²) < 4.78 is 15.7. The first-order valence-corrected chi connectivity index (χ1v) is 7.79. The van der Waals surface area contributed by atoms with Crippen LogP contribution in [-0.2, 0) is 0 Å². The van der Waals surface area contributed by atoms with Crippen LogP contribution in [-0.4, -0.2) is 38.4 Å². The van der Waals surface area contributed by atoms with Crippen molar-refractivity contribution in [1.29, 1.82) is 0 Å². The molecule has 0 saturated heterocycles. The topological polar surface area (TPSA) is 112 Å². The van der Waals surface area contributed by atoms with Crippen LogP contribution in [0.2, 0.25) is 0 Å². The van der Waals surface area contributed by atoms with Gasteiger partial charge in [-0.25, -0.2) is 5.43 Å². The smallest absolute Gasteiger partial charge is 0.273 e. The minimum atomic E-state index is -0.575. The monoisotopic (exact) mass is 373 g/mol. The van der Waals surface area contributed by atoms with Crippen molar-refractivity contribution in [2.75, 3.05) is 21.3 Å². The van der Waals surface area contributed by atoms with E-state index in [0.717, 1.165) is 0 Å². The molecule has 0 fully saturated rings. The van der Waals surface area contributed by atoms with Crippen molar-refractivity contribution in [2.45, 2.75) is 6.92 Å². The second-order valence-corrected chi connectivity index (χ2v) is 5.41. The quantitative estimate of drug-likeness (QED) is 0.454. The number of nitrogens with zero attached hydrogens (tertiary/aromatic N) is 2. The van der Waals surface area contributed by atoms with Gasteiger partial charge in [0.25, 0.3) is 11.6 Å². The third-order valence-electron chi connectivity index (χ3n) is 3.77. The highest BCUT2D eigenvalue weighted by molar-refractivity contribution is 5.96. The molecular weight excluding hydrogens is 354 g/mol. The average molecular weight is 373 g/mol. The molecule has 0 aliphatic rings. The number of carbonyl (C=O) groups is 1. The molecule has 0 radical (unpaired) electrons. The zero-order valence-electron chi connectivity index (χ0n) is 15.3. The Hall–Kier alpha value is -3.62. The molecular formula is C18H19N3O6. The van der Waals surface area contributed by atoms with E-state index >= 15 is 0 Å². The van der Waals surface area contributed by atoms with Crippen molar-refractivity contribution >= 4 is 17.8 Å². The number of carbonyl (C=O) groups excluding carboxylic acids is 1. The van der Waals surface area contributed by atoms with Crippen LogP contribution in [0.3, 0.4) is 0 Å². The van der Waals surface area contributed by atoms with E-state index in [2.05, 4.69) is 10.5 Å². The van der Waals surface area contributed by atoms with Gasteiger partial charge in [0.1, 0.15) is 5.75 Å². The second-order valence-electron chi connectivity index (χ2n) is 5.41. The summed E-state index contributed by atoms with van der Waals surface area (Å²) in [4.78, 5) is 22.6. The zero-order valence-corrected chi connectivity index (χ0v) is 15.3. The Labute approximate surface area is 155 Å². The van der Waals surface area contributed by atoms with Crippen molar-refractivity contribution in [3.8, 4) is 17.2 Å². The lowest BCUT2D eigenvalue weighted by Crippen LogP contribution is -2.18. The molecule has 0 spiro atoms. The summed E-state index contributed by atoms with van der Waals surface area (Å²) >= 11 is 0. The molecule has 0 heterocycles. The van der Waals surface area contributed by atoms with E-state index in [-0.39, 0.29) is 11.3 Å². The molecule has 0 unspecified atom stereocenters. The molecule has 0 atom stereocenters. The predicted octanol–water partition coefficient (Wildman–Crippen LogP) is 2.69. The average Bonchev–Trinajstić information content (AvgIpc) is 2.67. The Balaban J connectivity index is 2.21. The van der Waals surface area contributed by atoms with Gasteiger partial charge < -0.3 is 14.2 Å². The van der Waals surface area contributed by atoms with Gasteiger partial charge in [0.15, 0.2) is 11.5 Å². The van der Waals surface area contributed by atoms with E-state index in [9.17, 15) is 14.9 Å². The molecule has 142 valence electrons. The van der Waals surface area contributed by atoms with Crippen LogP contribution in [0.1, 0.15) is 21.5 Å². The molecule has 0 aromatic heterocycles. The summed E-state index contributed by atoms with van der Waals surface area (Å²) in [5, 5.41) is 14.9. The zero-order chi connectivity index (χ0) is 20.0. The number of benzene rings is 2. The highest BCUT2D eigenvalue weighted by Gasteiger charge is 2.15. The maximum absolute atomic E-state index is 12.2. The van der Waals surface area contributed by atoms with Gasteiger partial charge in [0.05, 0.1) is 32.5 Å². The number of nitro groups is 1. The Kier molecular flexibility index (Phi) is 6.32. The second kappa shape index (κ2) is 8.65. The lowest BCUT2D eigenvalue weighted by molar-refractivity contribution is -0.385. The lowest BCUT2D eigenvalue weighted by atomic mass is 10.1. The van der Waals surface area contributed by atoms with Gasteiger partial charge in [-0.3, -0.25) is 14.9 Å². The molecule has 27 heavy (non-hydrogen) atoms. The molecule has 2 aromatic rings. The maximum atomic E-state index is 12.2. The number of hydrogen-bond donors (Lipinski definition) is 1. The van der Waals surface area contributed by atoms with E-state index in [1.165, 1.54) is 45.7 Å². The van der Waals surface area contributed by atoms with Crippen LogP contribution in [0.4, 0.5) is 5.69 Å². The first kappa shape index (κ1) is 19.7. The van der Waals surface area contributed by atoms with Crippen LogP contribution in [0.5, 0.6) is 17.2 Å². The predicted molar refractivity (Wildman–Crippen MR) is 99.0 cm³/mol. The Morgan fingerprint density at radius 1 is 1.07 bits per heavy atom. The molecule has 1 N–H and O–H groups in total. The SMILES string of the molecule is COc1cc(OC)c(OC)cc1/C=N/NC(=O)c1ccc(C)c([N+](=O)[O-])c1. The number of hydrazone groups is 1. The highest BCUT2D eigenvalue weighted by Crippen LogP contribution is 2.33. The van der Waals surface area contributed by atoms with Crippen LogP contribution >= 0.6 is 0 Å². The van der Waals surface area contributed by atoms with Crippen LogP contribution in [0, 0.1) is 17.0 Å². The lowest BCUT2D eigenvalue weighted by Gasteiger charge is -2.11. The van der Waals surface area contributed by atoms with Gasteiger partial charge in [-0.1, -0.05) is 6.07 Å². The molecule has 2 aromatic carbocycles. The number of aryl methyl sites for hydroxylation is 1.